The van der Waals surface area contributed by atoms with E-state index in [9.17, 15) is 4.79 Å². The van der Waals surface area contributed by atoms with Crippen LogP contribution in [0.25, 0.3) is 16.8 Å². The number of carbonyl (C=O) groups is 1. The van der Waals surface area contributed by atoms with Gasteiger partial charge in [0.1, 0.15) is 0 Å². The number of halogens is 1. The third-order valence-electron chi connectivity index (χ3n) is 3.14. The Kier molecular flexibility index (Phi) is 3.46. The molecule has 1 heterocycles. The molecule has 21 heavy (non-hydrogen) atoms. The van der Waals surface area contributed by atoms with Gasteiger partial charge in [-0.2, -0.15) is 5.10 Å². The largest absolute Gasteiger partial charge is 0.478 e. The molecule has 0 spiro atoms. The highest BCUT2D eigenvalue weighted by Gasteiger charge is 2.05. The fraction of sp³-hybridized carbons (Fsp3) is 0. The zero-order chi connectivity index (χ0) is 14.8. The Labute approximate surface area is 126 Å². The predicted octanol–water partition coefficient (Wildman–Crippen LogP) is 3.89. The number of rotatable bonds is 3. The van der Waals surface area contributed by atoms with Crippen LogP contribution in [0.1, 0.15) is 10.4 Å². The Morgan fingerprint density at radius 1 is 1.00 bits per heavy atom. The summed E-state index contributed by atoms with van der Waals surface area (Å²) in [6.45, 7) is 0. The summed E-state index contributed by atoms with van der Waals surface area (Å²) in [5.41, 5.74) is 3.05. The average Bonchev–Trinajstić information content (AvgIpc) is 2.98. The van der Waals surface area contributed by atoms with Crippen LogP contribution >= 0.6 is 11.6 Å². The van der Waals surface area contributed by atoms with E-state index in [-0.39, 0.29) is 5.56 Å². The van der Waals surface area contributed by atoms with E-state index in [1.807, 2.05) is 30.5 Å². The van der Waals surface area contributed by atoms with Crippen molar-refractivity contribution in [2.45, 2.75) is 0 Å². The maximum Gasteiger partial charge on any atom is 0.335 e. The molecule has 104 valence electrons. The van der Waals surface area contributed by atoms with Crippen LogP contribution in [-0.2, 0) is 0 Å². The van der Waals surface area contributed by atoms with Crippen molar-refractivity contribution < 1.29 is 9.90 Å². The second-order valence-electron chi connectivity index (χ2n) is 4.53. The molecule has 0 unspecified atom stereocenters. The molecule has 5 heteroatoms. The number of hydrogen-bond acceptors (Lipinski definition) is 2. The maximum atomic E-state index is 10.8. The molecule has 1 N–H and O–H groups in total. The molecule has 0 aliphatic rings. The van der Waals surface area contributed by atoms with Crippen molar-refractivity contribution in [2.24, 2.45) is 0 Å². The van der Waals surface area contributed by atoms with E-state index >= 15 is 0 Å². The Morgan fingerprint density at radius 2 is 1.67 bits per heavy atom. The molecule has 0 aliphatic heterocycles. The van der Waals surface area contributed by atoms with Gasteiger partial charge in [-0.25, -0.2) is 9.48 Å². The van der Waals surface area contributed by atoms with Crippen molar-refractivity contribution in [2.75, 3.05) is 0 Å². The summed E-state index contributed by atoms with van der Waals surface area (Å²) < 4.78 is 1.70. The first kappa shape index (κ1) is 13.4. The van der Waals surface area contributed by atoms with Gasteiger partial charge in [0.05, 0.1) is 17.4 Å². The molecular formula is C16H11ClN2O2. The molecule has 1 aromatic heterocycles. The highest BCUT2D eigenvalue weighted by atomic mass is 35.5. The molecule has 3 aromatic rings. The third-order valence-corrected chi connectivity index (χ3v) is 3.39. The summed E-state index contributed by atoms with van der Waals surface area (Å²) in [4.78, 5) is 10.8. The predicted molar refractivity (Wildman–Crippen MR) is 81.0 cm³/mol. The first-order chi connectivity index (χ1) is 10.1. The second kappa shape index (κ2) is 5.42. The summed E-state index contributed by atoms with van der Waals surface area (Å²) in [5.74, 6) is -0.941. The number of aromatic carboxylic acids is 1. The van der Waals surface area contributed by atoms with E-state index in [2.05, 4.69) is 5.10 Å². The van der Waals surface area contributed by atoms with Gasteiger partial charge in [-0.1, -0.05) is 23.7 Å². The van der Waals surface area contributed by atoms with Crippen LogP contribution in [0.15, 0.2) is 60.9 Å². The quantitative estimate of drug-likeness (QED) is 0.798. The SMILES string of the molecule is O=C(O)c1ccc(-n2cc(-c3ccc(Cl)cc3)cn2)cc1. The molecule has 0 bridgehead atoms. The van der Waals surface area contributed by atoms with E-state index in [0.29, 0.717) is 5.02 Å². The van der Waals surface area contributed by atoms with Crippen molar-refractivity contribution in [3.05, 3.63) is 71.5 Å². The van der Waals surface area contributed by atoms with Gasteiger partial charge in [0, 0.05) is 16.8 Å². The number of carboxylic acids is 1. The Balaban J connectivity index is 1.90. The van der Waals surface area contributed by atoms with Gasteiger partial charge in [0.15, 0.2) is 0 Å². The molecule has 2 aromatic carbocycles. The van der Waals surface area contributed by atoms with Crippen molar-refractivity contribution in [1.29, 1.82) is 0 Å². The Hall–Kier alpha value is -2.59. The molecule has 0 saturated carbocycles. The lowest BCUT2D eigenvalue weighted by atomic mass is 10.1. The van der Waals surface area contributed by atoms with Crippen LogP contribution in [0.3, 0.4) is 0 Å². The molecule has 0 fully saturated rings. The van der Waals surface area contributed by atoms with Gasteiger partial charge in [-0.3, -0.25) is 0 Å². The van der Waals surface area contributed by atoms with Crippen LogP contribution in [0.4, 0.5) is 0 Å². The van der Waals surface area contributed by atoms with Crippen LogP contribution < -0.4 is 0 Å². The minimum Gasteiger partial charge on any atom is -0.478 e. The number of nitrogens with zero attached hydrogens (tertiary/aromatic N) is 2. The lowest BCUT2D eigenvalue weighted by molar-refractivity contribution is 0.0697. The Bertz CT molecular complexity index is 777. The summed E-state index contributed by atoms with van der Waals surface area (Å²) >= 11 is 5.87. The highest BCUT2D eigenvalue weighted by Crippen LogP contribution is 2.22. The first-order valence-corrected chi connectivity index (χ1v) is 6.65. The Morgan fingerprint density at radius 3 is 2.29 bits per heavy atom. The fourth-order valence-corrected chi connectivity index (χ4v) is 2.14. The lowest BCUT2D eigenvalue weighted by Gasteiger charge is -2.01. The summed E-state index contributed by atoms with van der Waals surface area (Å²) in [7, 11) is 0. The summed E-state index contributed by atoms with van der Waals surface area (Å²) in [6, 6.07) is 14.1. The smallest absolute Gasteiger partial charge is 0.335 e. The number of benzene rings is 2. The van der Waals surface area contributed by atoms with E-state index < -0.39 is 5.97 Å². The van der Waals surface area contributed by atoms with Gasteiger partial charge < -0.3 is 5.11 Å². The molecular weight excluding hydrogens is 288 g/mol. The van der Waals surface area contributed by atoms with Crippen molar-refractivity contribution in [3.63, 3.8) is 0 Å². The number of hydrogen-bond donors (Lipinski definition) is 1. The zero-order valence-corrected chi connectivity index (χ0v) is 11.7. The molecule has 4 nitrogen and oxygen atoms in total. The number of aromatic nitrogens is 2. The van der Waals surface area contributed by atoms with Crippen LogP contribution in [0, 0.1) is 0 Å². The maximum absolute atomic E-state index is 10.8. The van der Waals surface area contributed by atoms with Crippen LogP contribution in [0.2, 0.25) is 5.02 Å². The van der Waals surface area contributed by atoms with Crippen molar-refractivity contribution in [3.8, 4) is 16.8 Å². The van der Waals surface area contributed by atoms with Gasteiger partial charge in [-0.15, -0.1) is 0 Å². The zero-order valence-electron chi connectivity index (χ0n) is 10.9. The summed E-state index contributed by atoms with van der Waals surface area (Å²) in [5, 5.41) is 13.9. The van der Waals surface area contributed by atoms with E-state index in [1.54, 1.807) is 35.1 Å². The summed E-state index contributed by atoms with van der Waals surface area (Å²) in [6.07, 6.45) is 3.65. The van der Waals surface area contributed by atoms with Crippen LogP contribution in [-0.4, -0.2) is 20.9 Å². The third kappa shape index (κ3) is 2.80. The van der Waals surface area contributed by atoms with Gasteiger partial charge in [-0.05, 0) is 42.0 Å². The van der Waals surface area contributed by atoms with Gasteiger partial charge in [0.2, 0.25) is 0 Å². The minimum atomic E-state index is -0.941. The number of carboxylic acid groups (broad SMARTS) is 1. The average molecular weight is 299 g/mol. The standard InChI is InChI=1S/C16H11ClN2O2/c17-14-5-1-11(2-6-14)13-9-18-19(10-13)15-7-3-12(4-8-15)16(20)21/h1-10H,(H,20,21). The van der Waals surface area contributed by atoms with E-state index in [1.165, 1.54) is 0 Å². The monoisotopic (exact) mass is 298 g/mol. The van der Waals surface area contributed by atoms with Crippen molar-refractivity contribution >= 4 is 17.6 Å². The molecule has 3 rings (SSSR count). The topological polar surface area (TPSA) is 55.1 Å². The lowest BCUT2D eigenvalue weighted by Crippen LogP contribution is -1.98. The minimum absolute atomic E-state index is 0.254. The normalized spacial score (nSPS) is 10.5. The molecule has 0 saturated heterocycles. The molecule has 0 atom stereocenters. The van der Waals surface area contributed by atoms with E-state index in [4.69, 9.17) is 16.7 Å². The van der Waals surface area contributed by atoms with Crippen LogP contribution in [0.5, 0.6) is 0 Å². The fourth-order valence-electron chi connectivity index (χ4n) is 2.01. The van der Waals surface area contributed by atoms with E-state index in [0.717, 1.165) is 16.8 Å². The molecule has 0 radical (unpaired) electrons. The first-order valence-electron chi connectivity index (χ1n) is 6.28. The highest BCUT2D eigenvalue weighted by molar-refractivity contribution is 6.30. The van der Waals surface area contributed by atoms with Gasteiger partial charge >= 0.3 is 5.97 Å². The van der Waals surface area contributed by atoms with Gasteiger partial charge in [0.25, 0.3) is 0 Å². The molecule has 0 aliphatic carbocycles. The van der Waals surface area contributed by atoms with Crippen molar-refractivity contribution in [1.82, 2.24) is 9.78 Å². The second-order valence-corrected chi connectivity index (χ2v) is 4.97. The molecule has 0 amide bonds.